The minimum absolute atomic E-state index is 0.189. The molecule has 2 fully saturated rings. The number of nitrogens with zero attached hydrogens (tertiary/aromatic N) is 2. The Balaban J connectivity index is 1.31. The Kier molecular flexibility index (Phi) is 5.66. The minimum Gasteiger partial charge on any atom is -0.349 e. The normalized spacial score (nSPS) is 20.8. The number of nitrogens with one attached hydrogen (secondary N) is 2. The van der Waals surface area contributed by atoms with Crippen LogP contribution in [0.25, 0.3) is 11.0 Å². The third-order valence-electron chi connectivity index (χ3n) is 6.71. The van der Waals surface area contributed by atoms with Crippen LogP contribution in [0, 0.1) is 5.92 Å². The van der Waals surface area contributed by atoms with E-state index in [4.69, 9.17) is 10.2 Å². The van der Waals surface area contributed by atoms with E-state index < -0.39 is 11.8 Å². The molecule has 5 rings (SSSR count). The summed E-state index contributed by atoms with van der Waals surface area (Å²) in [6.45, 7) is 0.718. The molecule has 1 aromatic heterocycles. The first-order chi connectivity index (χ1) is 15.6. The number of carbonyl (C=O) groups excluding carboxylic acids is 2. The number of aromatic nitrogens is 2. The van der Waals surface area contributed by atoms with Crippen molar-refractivity contribution < 1.29 is 14.8 Å². The van der Waals surface area contributed by atoms with Gasteiger partial charge in [-0.3, -0.25) is 14.8 Å². The largest absolute Gasteiger partial charge is 0.349 e. The number of para-hydroxylation sites is 2. The standard InChI is InChI=1S/C25H28N4O3/c30-24(27-20-6-2-1-5-19(20)25(31)28-32)18-11-9-16(10-12-18)15-29-22-8-4-3-7-21(22)26-23(29)17-13-14-17/h3-4,7-12,17,19-20,32H,1-2,5-6,13-15H2,(H,27,30)(H,28,31)/t19-,20+/m0/s1. The SMILES string of the molecule is O=C(N[C@@H]1CCCC[C@@H]1C(=O)NO)c1ccc(Cn2c(C3CC3)nc3ccccc32)cc1. The van der Waals surface area contributed by atoms with E-state index in [-0.39, 0.29) is 11.9 Å². The Morgan fingerprint density at radius 1 is 1.00 bits per heavy atom. The number of rotatable bonds is 6. The molecule has 0 spiro atoms. The Hall–Kier alpha value is -3.19. The van der Waals surface area contributed by atoms with Crippen LogP contribution < -0.4 is 10.8 Å². The molecule has 3 N–H and O–H groups in total. The maximum Gasteiger partial charge on any atom is 0.251 e. The van der Waals surface area contributed by atoms with Gasteiger partial charge in [-0.1, -0.05) is 37.1 Å². The number of imidazole rings is 1. The van der Waals surface area contributed by atoms with E-state index in [1.165, 1.54) is 12.8 Å². The fourth-order valence-corrected chi connectivity index (χ4v) is 4.81. The monoisotopic (exact) mass is 432 g/mol. The molecule has 1 heterocycles. The average Bonchev–Trinajstić information content (AvgIpc) is 3.61. The summed E-state index contributed by atoms with van der Waals surface area (Å²) in [5.74, 6) is 0.688. The topological polar surface area (TPSA) is 96.3 Å². The van der Waals surface area contributed by atoms with Crippen molar-refractivity contribution in [3.63, 3.8) is 0 Å². The predicted octanol–water partition coefficient (Wildman–Crippen LogP) is 3.76. The van der Waals surface area contributed by atoms with Crippen LogP contribution in [0.15, 0.2) is 48.5 Å². The molecule has 0 aliphatic heterocycles. The van der Waals surface area contributed by atoms with Crippen LogP contribution in [0.4, 0.5) is 0 Å². The lowest BCUT2D eigenvalue weighted by Crippen LogP contribution is -2.47. The third kappa shape index (κ3) is 4.12. The number of hydroxylamine groups is 1. The van der Waals surface area contributed by atoms with Crippen LogP contribution in [0.5, 0.6) is 0 Å². The molecule has 2 amide bonds. The highest BCUT2D eigenvalue weighted by molar-refractivity contribution is 5.95. The molecule has 32 heavy (non-hydrogen) atoms. The van der Waals surface area contributed by atoms with Crippen molar-refractivity contribution in [3.05, 3.63) is 65.5 Å². The van der Waals surface area contributed by atoms with Crippen LogP contribution in [-0.4, -0.2) is 32.6 Å². The van der Waals surface area contributed by atoms with Gasteiger partial charge in [0.2, 0.25) is 5.91 Å². The van der Waals surface area contributed by atoms with Crippen molar-refractivity contribution in [1.29, 1.82) is 0 Å². The lowest BCUT2D eigenvalue weighted by atomic mass is 9.84. The van der Waals surface area contributed by atoms with Gasteiger partial charge in [-0.15, -0.1) is 0 Å². The zero-order chi connectivity index (χ0) is 22.1. The first-order valence-corrected chi connectivity index (χ1v) is 11.4. The summed E-state index contributed by atoms with van der Waals surface area (Å²) in [6.07, 6.45) is 5.67. The second-order valence-corrected chi connectivity index (χ2v) is 8.96. The summed E-state index contributed by atoms with van der Waals surface area (Å²) in [6, 6.07) is 15.6. The van der Waals surface area contributed by atoms with Gasteiger partial charge in [0.15, 0.2) is 0 Å². The van der Waals surface area contributed by atoms with Gasteiger partial charge in [0.1, 0.15) is 5.82 Å². The van der Waals surface area contributed by atoms with Crippen molar-refractivity contribution in [2.45, 2.75) is 57.0 Å². The van der Waals surface area contributed by atoms with Crippen molar-refractivity contribution >= 4 is 22.8 Å². The lowest BCUT2D eigenvalue weighted by molar-refractivity contribution is -0.135. The quantitative estimate of drug-likeness (QED) is 0.408. The zero-order valence-corrected chi connectivity index (χ0v) is 18.0. The van der Waals surface area contributed by atoms with E-state index in [1.807, 2.05) is 36.4 Å². The molecule has 2 saturated carbocycles. The molecule has 7 heteroatoms. The van der Waals surface area contributed by atoms with E-state index >= 15 is 0 Å². The fraction of sp³-hybridized carbons (Fsp3) is 0.400. The van der Waals surface area contributed by atoms with Gasteiger partial charge in [-0.25, -0.2) is 10.5 Å². The molecule has 2 aromatic carbocycles. The summed E-state index contributed by atoms with van der Waals surface area (Å²) >= 11 is 0. The number of hydrogen-bond donors (Lipinski definition) is 3. The number of amides is 2. The van der Waals surface area contributed by atoms with Crippen molar-refractivity contribution in [2.24, 2.45) is 5.92 Å². The van der Waals surface area contributed by atoms with Crippen molar-refractivity contribution in [3.8, 4) is 0 Å². The third-order valence-corrected chi connectivity index (χ3v) is 6.71. The summed E-state index contributed by atoms with van der Waals surface area (Å²) < 4.78 is 2.29. The maximum atomic E-state index is 12.8. The molecule has 2 aliphatic rings. The summed E-state index contributed by atoms with van der Waals surface area (Å²) in [5, 5.41) is 12.0. The highest BCUT2D eigenvalue weighted by Crippen LogP contribution is 2.40. The molecule has 0 bridgehead atoms. The van der Waals surface area contributed by atoms with Gasteiger partial charge >= 0.3 is 0 Å². The molecule has 2 aliphatic carbocycles. The van der Waals surface area contributed by atoms with Crippen LogP contribution in [-0.2, 0) is 11.3 Å². The molecule has 2 atom stereocenters. The van der Waals surface area contributed by atoms with Crippen molar-refractivity contribution in [1.82, 2.24) is 20.3 Å². The molecule has 0 radical (unpaired) electrons. The van der Waals surface area contributed by atoms with Gasteiger partial charge in [0, 0.05) is 24.1 Å². The van der Waals surface area contributed by atoms with E-state index in [0.29, 0.717) is 17.9 Å². The van der Waals surface area contributed by atoms with E-state index in [9.17, 15) is 9.59 Å². The van der Waals surface area contributed by atoms with E-state index in [0.717, 1.165) is 48.2 Å². The van der Waals surface area contributed by atoms with E-state index in [1.54, 1.807) is 5.48 Å². The molecule has 0 saturated heterocycles. The molecule has 166 valence electrons. The first kappa shape index (κ1) is 20.7. The van der Waals surface area contributed by atoms with Gasteiger partial charge in [-0.05, 0) is 55.5 Å². The van der Waals surface area contributed by atoms with E-state index in [2.05, 4.69) is 22.0 Å². The van der Waals surface area contributed by atoms with Crippen molar-refractivity contribution in [2.75, 3.05) is 0 Å². The number of fused-ring (bicyclic) bond motifs is 1. The zero-order valence-electron chi connectivity index (χ0n) is 18.0. The highest BCUT2D eigenvalue weighted by Gasteiger charge is 2.32. The average molecular weight is 433 g/mol. The number of hydrogen-bond acceptors (Lipinski definition) is 4. The Morgan fingerprint density at radius 2 is 1.75 bits per heavy atom. The maximum absolute atomic E-state index is 12.8. The second kappa shape index (κ2) is 8.74. The molecule has 0 unspecified atom stereocenters. The summed E-state index contributed by atoms with van der Waals surface area (Å²) in [4.78, 5) is 29.6. The van der Waals surface area contributed by atoms with Crippen LogP contribution >= 0.6 is 0 Å². The van der Waals surface area contributed by atoms with Gasteiger partial charge in [-0.2, -0.15) is 0 Å². The van der Waals surface area contributed by atoms with Crippen LogP contribution in [0.3, 0.4) is 0 Å². The molecular weight excluding hydrogens is 404 g/mol. The first-order valence-electron chi connectivity index (χ1n) is 11.4. The van der Waals surface area contributed by atoms with Crippen LogP contribution in [0.2, 0.25) is 0 Å². The Bertz CT molecular complexity index is 1130. The smallest absolute Gasteiger partial charge is 0.251 e. The van der Waals surface area contributed by atoms with Gasteiger partial charge < -0.3 is 9.88 Å². The molecule has 3 aromatic rings. The highest BCUT2D eigenvalue weighted by atomic mass is 16.5. The Labute approximate surface area is 186 Å². The Morgan fingerprint density at radius 3 is 2.50 bits per heavy atom. The van der Waals surface area contributed by atoms with Gasteiger partial charge in [0.05, 0.1) is 17.0 Å². The van der Waals surface area contributed by atoms with Gasteiger partial charge in [0.25, 0.3) is 5.91 Å². The number of carbonyl (C=O) groups is 2. The second-order valence-electron chi connectivity index (χ2n) is 8.96. The predicted molar refractivity (Wildman–Crippen MR) is 120 cm³/mol. The number of benzene rings is 2. The summed E-state index contributed by atoms with van der Waals surface area (Å²) in [5.41, 5.74) is 5.59. The summed E-state index contributed by atoms with van der Waals surface area (Å²) in [7, 11) is 0. The fourth-order valence-electron chi connectivity index (χ4n) is 4.81. The molecule has 7 nitrogen and oxygen atoms in total. The minimum atomic E-state index is -0.427. The molecular formula is C25H28N4O3. The lowest BCUT2D eigenvalue weighted by Gasteiger charge is -2.30. The van der Waals surface area contributed by atoms with Crippen LogP contribution in [0.1, 0.15) is 66.2 Å².